The molecule has 0 aromatic heterocycles. The molecule has 0 spiro atoms. The van der Waals surface area contributed by atoms with Gasteiger partial charge < -0.3 is 19.7 Å². The fourth-order valence-corrected chi connectivity index (χ4v) is 4.41. The molecular weight excluding hydrogens is 340 g/mol. The Morgan fingerprint density at radius 1 is 1.28 bits per heavy atom. The van der Waals surface area contributed by atoms with Crippen molar-refractivity contribution in [1.29, 1.82) is 0 Å². The van der Waals surface area contributed by atoms with Gasteiger partial charge in [-0.15, -0.1) is 0 Å². The molecule has 138 valence electrons. The summed E-state index contributed by atoms with van der Waals surface area (Å²) in [4.78, 5) is 14.0. The van der Waals surface area contributed by atoms with Gasteiger partial charge in [0.15, 0.2) is 0 Å². The molecule has 2 saturated heterocycles. The molecule has 0 saturated carbocycles. The number of carbonyl (C=O) groups excluding carboxylic acids is 1. The number of amides is 1. The zero-order chi connectivity index (χ0) is 17.5. The van der Waals surface area contributed by atoms with Crippen molar-refractivity contribution < 1.29 is 18.5 Å². The van der Waals surface area contributed by atoms with Crippen molar-refractivity contribution in [2.24, 2.45) is 0 Å². The van der Waals surface area contributed by atoms with Crippen LogP contribution < -0.4 is 5.32 Å². The first-order chi connectivity index (χ1) is 12.2. The Morgan fingerprint density at radius 3 is 2.80 bits per heavy atom. The quantitative estimate of drug-likeness (QED) is 0.856. The lowest BCUT2D eigenvalue weighted by Crippen LogP contribution is -2.50. The molecule has 2 aliphatic heterocycles. The van der Waals surface area contributed by atoms with Crippen molar-refractivity contribution >= 4 is 16.9 Å². The molecule has 1 aromatic rings. The van der Waals surface area contributed by atoms with Crippen molar-refractivity contribution in [3.8, 4) is 0 Å². The monoisotopic (exact) mass is 366 g/mol. The lowest BCUT2D eigenvalue weighted by atomic mass is 10.1. The highest BCUT2D eigenvalue weighted by atomic mass is 32.2. The van der Waals surface area contributed by atoms with Crippen molar-refractivity contribution in [3.63, 3.8) is 0 Å². The summed E-state index contributed by atoms with van der Waals surface area (Å²) in [6.07, 6.45) is 1.58. The summed E-state index contributed by atoms with van der Waals surface area (Å²) >= 11 is 0. The summed E-state index contributed by atoms with van der Waals surface area (Å²) in [5.74, 6) is 1.56. The minimum atomic E-state index is -0.640. The van der Waals surface area contributed by atoms with Crippen molar-refractivity contribution in [1.82, 2.24) is 10.2 Å². The third kappa shape index (κ3) is 5.80. The van der Waals surface area contributed by atoms with E-state index in [9.17, 15) is 9.00 Å². The van der Waals surface area contributed by atoms with Crippen LogP contribution in [0, 0.1) is 0 Å². The number of benzene rings is 1. The van der Waals surface area contributed by atoms with Gasteiger partial charge in [0.05, 0.1) is 19.3 Å². The smallest absolute Gasteiger partial charge is 0.410 e. The van der Waals surface area contributed by atoms with Crippen LogP contribution in [-0.2, 0) is 26.9 Å². The van der Waals surface area contributed by atoms with E-state index in [4.69, 9.17) is 9.47 Å². The van der Waals surface area contributed by atoms with Gasteiger partial charge in [0.1, 0.15) is 6.61 Å². The van der Waals surface area contributed by atoms with Gasteiger partial charge in [-0.25, -0.2) is 4.79 Å². The molecule has 2 aliphatic rings. The average Bonchev–Trinajstić information content (AvgIpc) is 2.67. The van der Waals surface area contributed by atoms with Crippen LogP contribution in [0.3, 0.4) is 0 Å². The van der Waals surface area contributed by atoms with Crippen LogP contribution in [0.15, 0.2) is 30.3 Å². The number of rotatable bonds is 5. The van der Waals surface area contributed by atoms with Crippen molar-refractivity contribution in [2.75, 3.05) is 37.7 Å². The van der Waals surface area contributed by atoms with E-state index in [1.807, 2.05) is 30.3 Å². The lowest BCUT2D eigenvalue weighted by molar-refractivity contribution is -0.0280. The molecule has 25 heavy (non-hydrogen) atoms. The lowest BCUT2D eigenvalue weighted by Gasteiger charge is -2.33. The molecule has 2 fully saturated rings. The average molecular weight is 366 g/mol. The molecule has 1 N–H and O–H groups in total. The first kappa shape index (κ1) is 18.4. The Morgan fingerprint density at radius 2 is 2.04 bits per heavy atom. The van der Waals surface area contributed by atoms with Gasteiger partial charge in [0.25, 0.3) is 0 Å². The largest absolute Gasteiger partial charge is 0.445 e. The minimum Gasteiger partial charge on any atom is -0.445 e. The van der Waals surface area contributed by atoms with Crippen molar-refractivity contribution in [3.05, 3.63) is 35.9 Å². The van der Waals surface area contributed by atoms with Gasteiger partial charge in [0, 0.05) is 41.4 Å². The van der Waals surface area contributed by atoms with Gasteiger partial charge in [-0.3, -0.25) is 4.21 Å². The Bertz CT molecular complexity index is 574. The number of morpholine rings is 1. The highest BCUT2D eigenvalue weighted by Gasteiger charge is 2.26. The highest BCUT2D eigenvalue weighted by molar-refractivity contribution is 7.85. The Hall–Kier alpha value is -1.44. The fourth-order valence-electron chi connectivity index (χ4n) is 3.12. The predicted molar refractivity (Wildman–Crippen MR) is 96.8 cm³/mol. The van der Waals surface area contributed by atoms with E-state index in [1.165, 1.54) is 0 Å². The summed E-state index contributed by atoms with van der Waals surface area (Å²) in [5.41, 5.74) is 0.983. The number of nitrogens with one attached hydrogen (secondary N) is 1. The van der Waals surface area contributed by atoms with E-state index >= 15 is 0 Å². The van der Waals surface area contributed by atoms with Crippen LogP contribution in [0.4, 0.5) is 4.79 Å². The Kier molecular flexibility index (Phi) is 6.84. The molecule has 0 bridgehead atoms. The van der Waals surface area contributed by atoms with Gasteiger partial charge >= 0.3 is 6.09 Å². The third-order valence-electron chi connectivity index (χ3n) is 4.62. The van der Waals surface area contributed by atoms with Crippen LogP contribution in [0.25, 0.3) is 0 Å². The van der Waals surface area contributed by atoms with E-state index in [2.05, 4.69) is 5.32 Å². The molecule has 7 heteroatoms. The van der Waals surface area contributed by atoms with E-state index in [0.29, 0.717) is 38.9 Å². The second-order valence-corrected chi connectivity index (χ2v) is 8.21. The number of hydrogen-bond acceptors (Lipinski definition) is 5. The van der Waals surface area contributed by atoms with Gasteiger partial charge in [-0.2, -0.15) is 0 Å². The van der Waals surface area contributed by atoms with Crippen LogP contribution in [0.1, 0.15) is 18.4 Å². The standard InChI is InChI=1S/C18H26N2O4S/c21-18(24-14-15-4-2-1-3-5-15)20-8-9-23-17(13-20)12-19-16-6-10-25(22)11-7-16/h1-5,16-17,19H,6-14H2. The van der Waals surface area contributed by atoms with E-state index in [1.54, 1.807) is 4.90 Å². The zero-order valence-electron chi connectivity index (χ0n) is 14.4. The van der Waals surface area contributed by atoms with E-state index in [-0.39, 0.29) is 12.2 Å². The second-order valence-electron chi connectivity index (χ2n) is 6.51. The first-order valence-corrected chi connectivity index (χ1v) is 10.3. The Labute approximate surface area is 151 Å². The minimum absolute atomic E-state index is 0.0227. The maximum absolute atomic E-state index is 12.3. The van der Waals surface area contributed by atoms with Crippen LogP contribution >= 0.6 is 0 Å². The molecule has 0 aliphatic carbocycles. The molecule has 0 radical (unpaired) electrons. The molecule has 1 amide bonds. The Balaban J connectivity index is 1.39. The highest BCUT2D eigenvalue weighted by Crippen LogP contribution is 2.12. The van der Waals surface area contributed by atoms with Gasteiger partial charge in [-0.05, 0) is 18.4 Å². The fraction of sp³-hybridized carbons (Fsp3) is 0.611. The summed E-state index contributed by atoms with van der Waals surface area (Å²) in [5, 5.41) is 3.49. The van der Waals surface area contributed by atoms with Gasteiger partial charge in [0.2, 0.25) is 0 Å². The SMILES string of the molecule is O=C(OCc1ccccc1)N1CCOC(CNC2CCS(=O)CC2)C1. The maximum atomic E-state index is 12.3. The molecule has 2 heterocycles. The summed E-state index contributed by atoms with van der Waals surface area (Å²) in [7, 11) is -0.640. The second kappa shape index (κ2) is 9.31. The summed E-state index contributed by atoms with van der Waals surface area (Å²) in [6, 6.07) is 10.1. The summed E-state index contributed by atoms with van der Waals surface area (Å²) < 4.78 is 22.6. The van der Waals surface area contributed by atoms with Crippen LogP contribution in [0.2, 0.25) is 0 Å². The van der Waals surface area contributed by atoms with Gasteiger partial charge in [-0.1, -0.05) is 30.3 Å². The van der Waals surface area contributed by atoms with E-state index < -0.39 is 10.8 Å². The predicted octanol–water partition coefficient (Wildman–Crippen LogP) is 1.52. The van der Waals surface area contributed by atoms with Crippen LogP contribution in [-0.4, -0.2) is 65.1 Å². The van der Waals surface area contributed by atoms with E-state index in [0.717, 1.165) is 29.9 Å². The molecular formula is C18H26N2O4S. The number of ether oxygens (including phenoxy) is 2. The van der Waals surface area contributed by atoms with Crippen LogP contribution in [0.5, 0.6) is 0 Å². The zero-order valence-corrected chi connectivity index (χ0v) is 15.2. The summed E-state index contributed by atoms with van der Waals surface area (Å²) in [6.45, 7) is 2.63. The first-order valence-electron chi connectivity index (χ1n) is 8.86. The van der Waals surface area contributed by atoms with Crippen molar-refractivity contribution in [2.45, 2.75) is 31.6 Å². The molecule has 6 nitrogen and oxygen atoms in total. The number of hydrogen-bond donors (Lipinski definition) is 1. The normalized spacial score (nSPS) is 27.0. The molecule has 1 unspecified atom stereocenters. The number of nitrogens with zero attached hydrogens (tertiary/aromatic N) is 1. The topological polar surface area (TPSA) is 67.9 Å². The maximum Gasteiger partial charge on any atom is 0.410 e. The molecule has 3 rings (SSSR count). The molecule has 1 aromatic carbocycles. The number of carbonyl (C=O) groups is 1. The third-order valence-corrected chi connectivity index (χ3v) is 6.01. The molecule has 1 atom stereocenters.